The van der Waals surface area contributed by atoms with Crippen LogP contribution in [0.5, 0.6) is 0 Å². The Balaban J connectivity index is 0.00000106. The van der Waals surface area contributed by atoms with Gasteiger partial charge >= 0.3 is 0 Å². The first-order chi connectivity index (χ1) is 7.74. The van der Waals surface area contributed by atoms with E-state index in [2.05, 4.69) is 31.1 Å². The van der Waals surface area contributed by atoms with E-state index in [0.717, 1.165) is 5.69 Å². The predicted molar refractivity (Wildman–Crippen MR) is 72.9 cm³/mol. The normalized spacial score (nSPS) is 11.3. The minimum Gasteiger partial charge on any atom is -0.381 e. The van der Waals surface area contributed by atoms with Gasteiger partial charge in [0.25, 0.3) is 0 Å². The third kappa shape index (κ3) is 5.74. The summed E-state index contributed by atoms with van der Waals surface area (Å²) in [5, 5.41) is 3.48. The minimum absolute atomic E-state index is 0.540. The highest BCUT2D eigenvalue weighted by molar-refractivity contribution is 5.48. The van der Waals surface area contributed by atoms with Crippen LogP contribution in [0, 0.1) is 6.92 Å². The van der Waals surface area contributed by atoms with Gasteiger partial charge in [-0.05, 0) is 31.9 Å². The molecule has 1 unspecified atom stereocenters. The first kappa shape index (κ1) is 14.9. The average molecular weight is 222 g/mol. The van der Waals surface area contributed by atoms with Gasteiger partial charge in [-0.25, -0.2) is 0 Å². The van der Waals surface area contributed by atoms with Gasteiger partial charge in [-0.1, -0.05) is 33.6 Å². The van der Waals surface area contributed by atoms with Crippen LogP contribution in [0.3, 0.4) is 0 Å². The zero-order chi connectivity index (χ0) is 12.4. The number of nitrogens with zero attached hydrogens (tertiary/aromatic N) is 1. The lowest BCUT2D eigenvalue weighted by Gasteiger charge is -2.15. The zero-order valence-corrected chi connectivity index (χ0v) is 11.4. The number of pyridine rings is 1. The number of nitrogens with one attached hydrogen (secondary N) is 1. The van der Waals surface area contributed by atoms with Crippen molar-refractivity contribution in [1.29, 1.82) is 0 Å². The van der Waals surface area contributed by atoms with Crippen LogP contribution >= 0.6 is 0 Å². The summed E-state index contributed by atoms with van der Waals surface area (Å²) in [6.07, 6.45) is 7.51. The molecule has 1 atom stereocenters. The van der Waals surface area contributed by atoms with Crippen molar-refractivity contribution < 1.29 is 0 Å². The number of hydrogen-bond acceptors (Lipinski definition) is 2. The maximum atomic E-state index is 4.12. The van der Waals surface area contributed by atoms with Crippen LogP contribution in [-0.4, -0.2) is 11.0 Å². The fourth-order valence-corrected chi connectivity index (χ4v) is 1.46. The predicted octanol–water partition coefficient (Wildman–Crippen LogP) is 4.41. The van der Waals surface area contributed by atoms with Crippen LogP contribution < -0.4 is 5.32 Å². The molecule has 0 bridgehead atoms. The van der Waals surface area contributed by atoms with Gasteiger partial charge in [0, 0.05) is 12.2 Å². The van der Waals surface area contributed by atoms with Gasteiger partial charge in [0.1, 0.15) is 0 Å². The highest BCUT2D eigenvalue weighted by Crippen LogP contribution is 2.14. The Morgan fingerprint density at radius 1 is 1.38 bits per heavy atom. The Hall–Kier alpha value is -1.05. The van der Waals surface area contributed by atoms with E-state index in [1.807, 2.05) is 32.3 Å². The molecule has 92 valence electrons. The van der Waals surface area contributed by atoms with E-state index < -0.39 is 0 Å². The van der Waals surface area contributed by atoms with Gasteiger partial charge in [0.15, 0.2) is 0 Å². The molecular formula is C14H26N2. The molecule has 1 aromatic rings. The molecular weight excluding hydrogens is 196 g/mol. The lowest BCUT2D eigenvalue weighted by molar-refractivity contribution is 0.644. The summed E-state index contributed by atoms with van der Waals surface area (Å²) < 4.78 is 0. The highest BCUT2D eigenvalue weighted by atomic mass is 14.9. The van der Waals surface area contributed by atoms with E-state index in [9.17, 15) is 0 Å². The Morgan fingerprint density at radius 2 is 2.06 bits per heavy atom. The fourth-order valence-electron chi connectivity index (χ4n) is 1.46. The van der Waals surface area contributed by atoms with Gasteiger partial charge < -0.3 is 5.32 Å². The van der Waals surface area contributed by atoms with Crippen LogP contribution in [0.15, 0.2) is 18.5 Å². The summed E-state index contributed by atoms with van der Waals surface area (Å²) in [4.78, 5) is 4.12. The molecule has 1 heterocycles. The summed E-state index contributed by atoms with van der Waals surface area (Å²) in [5.74, 6) is 0. The molecule has 0 saturated carbocycles. The lowest BCUT2D eigenvalue weighted by Crippen LogP contribution is -2.15. The molecule has 0 radical (unpaired) electrons. The molecule has 0 aliphatic rings. The lowest BCUT2D eigenvalue weighted by atomic mass is 10.1. The van der Waals surface area contributed by atoms with E-state index >= 15 is 0 Å². The SMILES string of the molecule is CC.CCCCC(C)Nc1cnccc1C. The molecule has 1 N–H and O–H groups in total. The molecule has 1 aromatic heterocycles. The van der Waals surface area contributed by atoms with Crippen molar-refractivity contribution in [1.82, 2.24) is 4.98 Å². The van der Waals surface area contributed by atoms with Crippen molar-refractivity contribution in [3.63, 3.8) is 0 Å². The quantitative estimate of drug-likeness (QED) is 0.798. The monoisotopic (exact) mass is 222 g/mol. The Labute approximate surface area is 100 Å². The van der Waals surface area contributed by atoms with Crippen LogP contribution in [-0.2, 0) is 0 Å². The van der Waals surface area contributed by atoms with Crippen LogP contribution in [0.2, 0.25) is 0 Å². The molecule has 0 amide bonds. The maximum Gasteiger partial charge on any atom is 0.0558 e. The molecule has 0 aliphatic carbocycles. The van der Waals surface area contributed by atoms with E-state index in [1.54, 1.807) is 0 Å². The number of aryl methyl sites for hydroxylation is 1. The molecule has 0 aromatic carbocycles. The second kappa shape index (κ2) is 9.20. The molecule has 16 heavy (non-hydrogen) atoms. The van der Waals surface area contributed by atoms with Crippen molar-refractivity contribution >= 4 is 5.69 Å². The van der Waals surface area contributed by atoms with Gasteiger partial charge in [-0.3, -0.25) is 4.98 Å². The molecule has 2 heteroatoms. The minimum atomic E-state index is 0.540. The molecule has 0 saturated heterocycles. The fraction of sp³-hybridized carbons (Fsp3) is 0.643. The summed E-state index contributed by atoms with van der Waals surface area (Å²) >= 11 is 0. The Morgan fingerprint density at radius 3 is 2.62 bits per heavy atom. The van der Waals surface area contributed by atoms with E-state index in [4.69, 9.17) is 0 Å². The van der Waals surface area contributed by atoms with Crippen molar-refractivity contribution in [2.75, 3.05) is 5.32 Å². The zero-order valence-electron chi connectivity index (χ0n) is 11.4. The summed E-state index contributed by atoms with van der Waals surface area (Å²) in [6.45, 7) is 10.6. The second-order valence-electron chi connectivity index (χ2n) is 3.88. The molecule has 0 fully saturated rings. The van der Waals surface area contributed by atoms with Crippen molar-refractivity contribution in [3.8, 4) is 0 Å². The van der Waals surface area contributed by atoms with E-state index in [0.29, 0.717) is 6.04 Å². The Kier molecular flexibility index (Phi) is 8.59. The van der Waals surface area contributed by atoms with Crippen molar-refractivity contribution in [2.24, 2.45) is 0 Å². The first-order valence-corrected chi connectivity index (χ1v) is 6.41. The van der Waals surface area contributed by atoms with Gasteiger partial charge in [-0.15, -0.1) is 0 Å². The largest absolute Gasteiger partial charge is 0.381 e. The summed E-state index contributed by atoms with van der Waals surface area (Å²) in [6, 6.07) is 2.58. The third-order valence-corrected chi connectivity index (χ3v) is 2.43. The smallest absolute Gasteiger partial charge is 0.0558 e. The molecule has 0 spiro atoms. The highest BCUT2D eigenvalue weighted by Gasteiger charge is 2.02. The standard InChI is InChI=1S/C12H20N2.C2H6/c1-4-5-6-11(3)14-12-9-13-8-7-10(12)2;1-2/h7-9,11,14H,4-6H2,1-3H3;1-2H3. The molecule has 2 nitrogen and oxygen atoms in total. The van der Waals surface area contributed by atoms with Crippen molar-refractivity contribution in [2.45, 2.75) is 59.9 Å². The third-order valence-electron chi connectivity index (χ3n) is 2.43. The first-order valence-electron chi connectivity index (χ1n) is 6.41. The van der Waals surface area contributed by atoms with Gasteiger partial charge in [0.2, 0.25) is 0 Å². The number of hydrogen-bond donors (Lipinski definition) is 1. The van der Waals surface area contributed by atoms with Crippen LogP contribution in [0.4, 0.5) is 5.69 Å². The van der Waals surface area contributed by atoms with Crippen molar-refractivity contribution in [3.05, 3.63) is 24.0 Å². The Bertz CT molecular complexity index is 271. The average Bonchev–Trinajstić information content (AvgIpc) is 2.32. The van der Waals surface area contributed by atoms with Crippen LogP contribution in [0.25, 0.3) is 0 Å². The number of rotatable bonds is 5. The van der Waals surface area contributed by atoms with E-state index in [1.165, 1.54) is 24.8 Å². The molecule has 1 rings (SSSR count). The second-order valence-corrected chi connectivity index (χ2v) is 3.88. The summed E-state index contributed by atoms with van der Waals surface area (Å²) in [5.41, 5.74) is 2.43. The van der Waals surface area contributed by atoms with Crippen LogP contribution in [0.1, 0.15) is 52.5 Å². The topological polar surface area (TPSA) is 24.9 Å². The van der Waals surface area contributed by atoms with Gasteiger partial charge in [-0.2, -0.15) is 0 Å². The molecule has 0 aliphatic heterocycles. The maximum absolute atomic E-state index is 4.12. The number of anilines is 1. The number of aromatic nitrogens is 1. The summed E-state index contributed by atoms with van der Waals surface area (Å²) in [7, 11) is 0. The van der Waals surface area contributed by atoms with Gasteiger partial charge in [0.05, 0.1) is 11.9 Å². The van der Waals surface area contributed by atoms with E-state index in [-0.39, 0.29) is 0 Å². The number of unbranched alkanes of at least 4 members (excludes halogenated alkanes) is 1.